The van der Waals surface area contributed by atoms with Crippen LogP contribution in [0, 0.1) is 0 Å². The molecule has 1 saturated carbocycles. The van der Waals surface area contributed by atoms with Gasteiger partial charge in [-0.25, -0.2) is 4.98 Å². The van der Waals surface area contributed by atoms with E-state index < -0.39 is 0 Å². The van der Waals surface area contributed by atoms with Gasteiger partial charge in [-0.3, -0.25) is 0 Å². The molecule has 16 heavy (non-hydrogen) atoms. The average molecular weight is 240 g/mol. The van der Waals surface area contributed by atoms with Crippen LogP contribution in [0.4, 0.5) is 0 Å². The third-order valence-electron chi connectivity index (χ3n) is 3.09. The Labute approximate surface area is 101 Å². The molecule has 3 nitrogen and oxygen atoms in total. The second kappa shape index (κ2) is 6.33. The molecule has 0 radical (unpaired) electrons. The third kappa shape index (κ3) is 3.27. The lowest BCUT2D eigenvalue weighted by molar-refractivity contribution is 0.286. The minimum Gasteiger partial charge on any atom is -0.396 e. The molecule has 0 atom stereocenters. The number of nitrogens with zero attached hydrogens (tertiary/aromatic N) is 1. The minimum absolute atomic E-state index is 0.267. The van der Waals surface area contributed by atoms with Gasteiger partial charge in [0.1, 0.15) is 0 Å². The number of aromatic nitrogens is 1. The predicted octanol–water partition coefficient (Wildman–Crippen LogP) is 2.27. The Morgan fingerprint density at radius 1 is 1.44 bits per heavy atom. The zero-order valence-corrected chi connectivity index (χ0v) is 10.4. The average Bonchev–Trinajstić information content (AvgIpc) is 2.94. The fraction of sp³-hybridized carbons (Fsp3) is 0.750. The van der Waals surface area contributed by atoms with Crippen molar-refractivity contribution < 1.29 is 5.11 Å². The van der Waals surface area contributed by atoms with Crippen LogP contribution in [0.15, 0.2) is 6.20 Å². The predicted molar refractivity (Wildman–Crippen MR) is 66.7 cm³/mol. The molecule has 0 bridgehead atoms. The Morgan fingerprint density at radius 2 is 2.25 bits per heavy atom. The van der Waals surface area contributed by atoms with Gasteiger partial charge in [0.15, 0.2) is 0 Å². The van der Waals surface area contributed by atoms with Gasteiger partial charge in [0.25, 0.3) is 0 Å². The largest absolute Gasteiger partial charge is 0.396 e. The van der Waals surface area contributed by atoms with Crippen LogP contribution < -0.4 is 5.32 Å². The van der Waals surface area contributed by atoms with Gasteiger partial charge in [0.2, 0.25) is 0 Å². The van der Waals surface area contributed by atoms with Crippen molar-refractivity contribution in [2.45, 2.75) is 44.6 Å². The summed E-state index contributed by atoms with van der Waals surface area (Å²) in [5.74, 6) is 0.733. The highest BCUT2D eigenvalue weighted by Gasteiger charge is 2.19. The molecular formula is C12H20N2OS. The van der Waals surface area contributed by atoms with Gasteiger partial charge in [-0.05, 0) is 25.8 Å². The van der Waals surface area contributed by atoms with Gasteiger partial charge in [0.05, 0.1) is 5.01 Å². The second-order valence-electron chi connectivity index (χ2n) is 4.40. The lowest BCUT2D eigenvalue weighted by Gasteiger charge is -2.02. The van der Waals surface area contributed by atoms with Crippen molar-refractivity contribution in [3.8, 4) is 0 Å². The molecule has 2 N–H and O–H groups in total. The number of hydrogen-bond acceptors (Lipinski definition) is 4. The Balaban J connectivity index is 1.77. The van der Waals surface area contributed by atoms with Crippen LogP contribution in [0.25, 0.3) is 0 Å². The van der Waals surface area contributed by atoms with Crippen LogP contribution in [0.2, 0.25) is 0 Å². The molecule has 0 spiro atoms. The molecule has 2 rings (SSSR count). The number of thiazole rings is 1. The van der Waals surface area contributed by atoms with Gasteiger partial charge in [0, 0.05) is 30.1 Å². The summed E-state index contributed by atoms with van der Waals surface area (Å²) in [6.45, 7) is 2.04. The summed E-state index contributed by atoms with van der Waals surface area (Å²) in [4.78, 5) is 5.85. The first-order valence-corrected chi connectivity index (χ1v) is 6.98. The van der Waals surface area contributed by atoms with E-state index in [1.54, 1.807) is 0 Å². The molecule has 1 aliphatic rings. The molecule has 0 amide bonds. The van der Waals surface area contributed by atoms with Crippen molar-refractivity contribution in [2.75, 3.05) is 13.2 Å². The minimum atomic E-state index is 0.267. The molecule has 1 aromatic rings. The second-order valence-corrected chi connectivity index (χ2v) is 5.55. The molecule has 90 valence electrons. The van der Waals surface area contributed by atoms with Gasteiger partial charge in [-0.2, -0.15) is 0 Å². The Bertz CT molecular complexity index is 308. The van der Waals surface area contributed by atoms with Crippen LogP contribution in [0.1, 0.15) is 47.9 Å². The number of aliphatic hydroxyl groups is 1. The topological polar surface area (TPSA) is 45.1 Å². The molecule has 1 fully saturated rings. The molecule has 0 saturated heterocycles. The van der Waals surface area contributed by atoms with E-state index in [1.807, 2.05) is 17.5 Å². The van der Waals surface area contributed by atoms with E-state index in [2.05, 4.69) is 10.3 Å². The van der Waals surface area contributed by atoms with E-state index in [4.69, 9.17) is 5.11 Å². The van der Waals surface area contributed by atoms with Gasteiger partial charge in [-0.15, -0.1) is 11.3 Å². The summed E-state index contributed by atoms with van der Waals surface area (Å²) < 4.78 is 0. The van der Waals surface area contributed by atoms with Crippen molar-refractivity contribution in [2.24, 2.45) is 0 Å². The Morgan fingerprint density at radius 3 is 3.00 bits per heavy atom. The number of aliphatic hydroxyl groups excluding tert-OH is 1. The van der Waals surface area contributed by atoms with E-state index >= 15 is 0 Å². The fourth-order valence-corrected chi connectivity index (χ4v) is 3.24. The van der Waals surface area contributed by atoms with Crippen molar-refractivity contribution in [3.05, 3.63) is 16.1 Å². The maximum absolute atomic E-state index is 8.66. The first-order valence-electron chi connectivity index (χ1n) is 6.16. The maximum atomic E-state index is 8.66. The monoisotopic (exact) mass is 240 g/mol. The molecule has 1 aromatic heterocycles. The van der Waals surface area contributed by atoms with Crippen molar-refractivity contribution in [3.63, 3.8) is 0 Å². The Kier molecular flexibility index (Phi) is 4.75. The highest BCUT2D eigenvalue weighted by atomic mass is 32.1. The molecular weight excluding hydrogens is 220 g/mol. The van der Waals surface area contributed by atoms with Crippen molar-refractivity contribution in [1.82, 2.24) is 10.3 Å². The summed E-state index contributed by atoms with van der Waals surface area (Å²) in [6.07, 6.45) is 8.22. The smallest absolute Gasteiger partial charge is 0.0959 e. The molecule has 4 heteroatoms. The maximum Gasteiger partial charge on any atom is 0.0959 e. The first-order chi connectivity index (χ1) is 7.90. The molecule has 0 aliphatic heterocycles. The summed E-state index contributed by atoms with van der Waals surface area (Å²) in [5.41, 5.74) is 0. The van der Waals surface area contributed by atoms with Gasteiger partial charge in [-0.1, -0.05) is 12.8 Å². The normalized spacial score (nSPS) is 17.1. The third-order valence-corrected chi connectivity index (χ3v) is 4.25. The molecule has 1 heterocycles. The van der Waals surface area contributed by atoms with Crippen LogP contribution in [-0.4, -0.2) is 23.2 Å². The number of hydrogen-bond donors (Lipinski definition) is 2. The van der Waals surface area contributed by atoms with Crippen LogP contribution in [0.3, 0.4) is 0 Å². The summed E-state index contributed by atoms with van der Waals surface area (Å²) in [7, 11) is 0. The summed E-state index contributed by atoms with van der Waals surface area (Å²) in [5, 5.41) is 13.3. The number of rotatable bonds is 6. The highest BCUT2D eigenvalue weighted by Crippen LogP contribution is 2.35. The van der Waals surface area contributed by atoms with E-state index in [0.29, 0.717) is 0 Å². The highest BCUT2D eigenvalue weighted by molar-refractivity contribution is 7.11. The standard InChI is InChI=1S/C12H20N2OS/c15-7-3-6-13-8-11-9-14-12(16-11)10-4-1-2-5-10/h9-10,13,15H,1-8H2. The van der Waals surface area contributed by atoms with E-state index in [0.717, 1.165) is 25.4 Å². The summed E-state index contributed by atoms with van der Waals surface area (Å²) in [6, 6.07) is 0. The van der Waals surface area contributed by atoms with E-state index in [1.165, 1.54) is 35.6 Å². The molecule has 0 unspecified atom stereocenters. The molecule has 0 aromatic carbocycles. The van der Waals surface area contributed by atoms with Gasteiger partial charge < -0.3 is 10.4 Å². The fourth-order valence-electron chi connectivity index (χ4n) is 2.18. The lowest BCUT2D eigenvalue weighted by atomic mass is 10.1. The van der Waals surface area contributed by atoms with Crippen LogP contribution in [0.5, 0.6) is 0 Å². The van der Waals surface area contributed by atoms with Crippen LogP contribution in [-0.2, 0) is 6.54 Å². The van der Waals surface area contributed by atoms with Crippen molar-refractivity contribution in [1.29, 1.82) is 0 Å². The quantitative estimate of drug-likeness (QED) is 0.750. The molecule has 1 aliphatic carbocycles. The van der Waals surface area contributed by atoms with Crippen LogP contribution >= 0.6 is 11.3 Å². The first kappa shape index (κ1) is 12.0. The van der Waals surface area contributed by atoms with Crippen molar-refractivity contribution >= 4 is 11.3 Å². The summed E-state index contributed by atoms with van der Waals surface area (Å²) >= 11 is 1.85. The van der Waals surface area contributed by atoms with E-state index in [9.17, 15) is 0 Å². The van der Waals surface area contributed by atoms with E-state index in [-0.39, 0.29) is 6.61 Å². The lowest BCUT2D eigenvalue weighted by Crippen LogP contribution is -2.14. The Hall–Kier alpha value is -0.450. The zero-order valence-electron chi connectivity index (χ0n) is 9.61. The number of nitrogens with one attached hydrogen (secondary N) is 1. The van der Waals surface area contributed by atoms with Gasteiger partial charge >= 0.3 is 0 Å². The SMILES string of the molecule is OCCCNCc1cnc(C2CCCC2)s1. The zero-order chi connectivity index (χ0) is 11.2.